The molecule has 11 nitrogen and oxygen atoms in total. The molecule has 0 radical (unpaired) electrons. The fourth-order valence-electron chi connectivity index (χ4n) is 2.31. The number of nitrogens with one attached hydrogen (secondary N) is 1. The quantitative estimate of drug-likeness (QED) is 0.454. The Labute approximate surface area is 168 Å². The molecule has 2 aromatic heterocycles. The van der Waals surface area contributed by atoms with Crippen molar-refractivity contribution in [1.29, 1.82) is 0 Å². The smallest absolute Gasteiger partial charge is 0.350 e. The number of anilines is 1. The van der Waals surface area contributed by atoms with Gasteiger partial charge in [0.05, 0.1) is 18.6 Å². The molecule has 0 aliphatic rings. The molecule has 0 fully saturated rings. The van der Waals surface area contributed by atoms with Crippen LogP contribution in [-0.2, 0) is 17.9 Å². The highest BCUT2D eigenvalue weighted by atomic mass is 35.5. The summed E-state index contributed by atoms with van der Waals surface area (Å²) in [6.45, 7) is 0.0587. The first kappa shape index (κ1) is 19.6. The van der Waals surface area contributed by atoms with E-state index in [0.29, 0.717) is 16.6 Å². The second-order valence-corrected chi connectivity index (χ2v) is 6.37. The van der Waals surface area contributed by atoms with E-state index in [2.05, 4.69) is 20.5 Å². The number of methoxy groups -OCH3 is 1. The van der Waals surface area contributed by atoms with Crippen molar-refractivity contribution < 1.29 is 14.5 Å². The lowest BCUT2D eigenvalue weighted by atomic mass is 10.2. The highest BCUT2D eigenvalue weighted by molar-refractivity contribution is 6.35. The van der Waals surface area contributed by atoms with Gasteiger partial charge in [0, 0.05) is 10.0 Å². The maximum atomic E-state index is 12.1. The number of carbonyl (C=O) groups excluding carboxylic acids is 1. The number of aromatic nitrogens is 5. The van der Waals surface area contributed by atoms with Crippen molar-refractivity contribution in [3.05, 3.63) is 56.4 Å². The lowest BCUT2D eigenvalue weighted by molar-refractivity contribution is -0.385. The first-order chi connectivity index (χ1) is 13.4. The van der Waals surface area contributed by atoms with Gasteiger partial charge in [-0.15, -0.1) is 10.2 Å². The summed E-state index contributed by atoms with van der Waals surface area (Å²) in [4.78, 5) is 26.4. The van der Waals surface area contributed by atoms with Crippen molar-refractivity contribution >= 4 is 40.7 Å². The number of benzene rings is 1. The summed E-state index contributed by atoms with van der Waals surface area (Å²) in [5, 5.41) is 22.4. The summed E-state index contributed by atoms with van der Waals surface area (Å²) in [6.07, 6.45) is 2.54. The van der Waals surface area contributed by atoms with Crippen LogP contribution >= 0.6 is 23.2 Å². The van der Waals surface area contributed by atoms with Gasteiger partial charge < -0.3 is 4.74 Å². The molecule has 0 atom stereocenters. The second kappa shape index (κ2) is 8.23. The summed E-state index contributed by atoms with van der Waals surface area (Å²) in [6, 6.07) is 5.10. The monoisotopic (exact) mass is 425 g/mol. The third-order valence-electron chi connectivity index (χ3n) is 3.54. The van der Waals surface area contributed by atoms with Gasteiger partial charge >= 0.3 is 11.6 Å². The number of rotatable bonds is 7. The van der Waals surface area contributed by atoms with E-state index in [4.69, 9.17) is 27.9 Å². The van der Waals surface area contributed by atoms with Gasteiger partial charge in [-0.25, -0.2) is 9.67 Å². The number of nitro groups is 1. The Morgan fingerprint density at radius 2 is 2.11 bits per heavy atom. The Kier molecular flexibility index (Phi) is 5.76. The fraction of sp³-hybridized carbons (Fsp3) is 0.200. The molecule has 146 valence electrons. The van der Waals surface area contributed by atoms with E-state index in [9.17, 15) is 14.9 Å². The topological polar surface area (TPSA) is 130 Å². The zero-order valence-electron chi connectivity index (χ0n) is 14.4. The summed E-state index contributed by atoms with van der Waals surface area (Å²) in [7, 11) is 1.25. The molecule has 0 aliphatic heterocycles. The van der Waals surface area contributed by atoms with Crippen LogP contribution in [0.2, 0.25) is 10.0 Å². The average molecular weight is 426 g/mol. The van der Waals surface area contributed by atoms with Crippen molar-refractivity contribution in [2.45, 2.75) is 13.1 Å². The molecule has 13 heteroatoms. The maximum Gasteiger partial charge on any atom is 0.350 e. The Hall–Kier alpha value is -3.18. The molecule has 2 heterocycles. The fourth-order valence-corrected chi connectivity index (χ4v) is 2.78. The van der Waals surface area contributed by atoms with Crippen LogP contribution in [0.25, 0.3) is 0 Å². The van der Waals surface area contributed by atoms with Gasteiger partial charge in [0.25, 0.3) is 0 Å². The Morgan fingerprint density at radius 3 is 2.75 bits per heavy atom. The number of amides is 1. The number of ether oxygens (including phenoxy) is 1. The average Bonchev–Trinajstić information content (AvgIpc) is 3.24. The Morgan fingerprint density at radius 1 is 1.32 bits per heavy atom. The summed E-state index contributed by atoms with van der Waals surface area (Å²) < 4.78 is 7.40. The van der Waals surface area contributed by atoms with Crippen molar-refractivity contribution in [2.75, 3.05) is 12.4 Å². The van der Waals surface area contributed by atoms with Crippen molar-refractivity contribution in [3.8, 4) is 5.88 Å². The highest BCUT2D eigenvalue weighted by Gasteiger charge is 2.21. The van der Waals surface area contributed by atoms with Crippen LogP contribution in [0.3, 0.4) is 0 Å². The maximum absolute atomic E-state index is 12.1. The third-order valence-corrected chi connectivity index (χ3v) is 4.13. The molecule has 0 saturated carbocycles. The number of hydrogen-bond acceptors (Lipinski definition) is 7. The highest BCUT2D eigenvalue weighted by Crippen LogP contribution is 2.24. The van der Waals surface area contributed by atoms with Crippen LogP contribution in [0.4, 0.5) is 11.6 Å². The predicted octanol–water partition coefficient (Wildman–Crippen LogP) is 2.39. The molecular formula is C15H13Cl2N7O4. The van der Waals surface area contributed by atoms with Crippen LogP contribution in [0.15, 0.2) is 30.7 Å². The van der Waals surface area contributed by atoms with Crippen LogP contribution < -0.4 is 10.1 Å². The molecule has 0 unspecified atom stereocenters. The molecule has 0 spiro atoms. The van der Waals surface area contributed by atoms with Crippen LogP contribution in [-0.4, -0.2) is 42.5 Å². The van der Waals surface area contributed by atoms with Gasteiger partial charge in [0.15, 0.2) is 0 Å². The summed E-state index contributed by atoms with van der Waals surface area (Å²) in [5.41, 5.74) is 0.447. The minimum atomic E-state index is -0.647. The molecule has 3 aromatic rings. The molecule has 0 saturated heterocycles. The zero-order valence-corrected chi connectivity index (χ0v) is 15.9. The number of nitrogens with zero attached hydrogens (tertiary/aromatic N) is 6. The summed E-state index contributed by atoms with van der Waals surface area (Å²) in [5.74, 6) is -0.619. The third kappa shape index (κ3) is 4.56. The van der Waals surface area contributed by atoms with E-state index < -0.39 is 10.8 Å². The van der Waals surface area contributed by atoms with E-state index in [0.717, 1.165) is 16.4 Å². The second-order valence-electron chi connectivity index (χ2n) is 5.53. The molecule has 1 aromatic carbocycles. The van der Waals surface area contributed by atoms with E-state index in [1.54, 1.807) is 18.2 Å². The van der Waals surface area contributed by atoms with Gasteiger partial charge in [0.1, 0.15) is 19.1 Å². The molecule has 0 bridgehead atoms. The van der Waals surface area contributed by atoms with E-state index in [1.807, 2.05) is 0 Å². The molecule has 1 amide bonds. The Balaban J connectivity index is 1.63. The van der Waals surface area contributed by atoms with Crippen molar-refractivity contribution in [2.24, 2.45) is 0 Å². The number of carbonyl (C=O) groups is 1. The number of halogens is 2. The molecule has 28 heavy (non-hydrogen) atoms. The molecular weight excluding hydrogens is 413 g/mol. The summed E-state index contributed by atoms with van der Waals surface area (Å²) >= 11 is 12.0. The molecule has 3 rings (SSSR count). The van der Waals surface area contributed by atoms with Gasteiger partial charge in [-0.1, -0.05) is 29.3 Å². The minimum absolute atomic E-state index is 0.0729. The lowest BCUT2D eigenvalue weighted by Gasteiger charge is -2.04. The van der Waals surface area contributed by atoms with E-state index in [-0.39, 0.29) is 24.1 Å². The van der Waals surface area contributed by atoms with Crippen LogP contribution in [0.5, 0.6) is 5.88 Å². The SMILES string of the molecule is COc1nn(CC(=O)Nc2ncn(Cc3ccc(Cl)cc3Cl)n2)cc1[N+](=O)[O-]. The standard InChI is InChI=1S/C15H13Cl2N7O4/c1-28-14-12(24(26)27)6-22(20-14)7-13(25)19-15-18-8-23(21-15)5-9-2-3-10(16)4-11(9)17/h2-4,6,8H,5,7H2,1H3,(H,19,21,25). The van der Waals surface area contributed by atoms with E-state index in [1.165, 1.54) is 18.1 Å². The van der Waals surface area contributed by atoms with Crippen molar-refractivity contribution in [3.63, 3.8) is 0 Å². The minimum Gasteiger partial charge on any atom is -0.475 e. The largest absolute Gasteiger partial charge is 0.475 e. The van der Waals surface area contributed by atoms with E-state index >= 15 is 0 Å². The molecule has 0 aliphatic carbocycles. The van der Waals surface area contributed by atoms with Gasteiger partial charge in [0.2, 0.25) is 11.9 Å². The first-order valence-corrected chi connectivity index (χ1v) is 8.50. The normalized spacial score (nSPS) is 10.7. The zero-order chi connectivity index (χ0) is 20.3. The van der Waals surface area contributed by atoms with Gasteiger partial charge in [-0.05, 0) is 17.7 Å². The predicted molar refractivity (Wildman–Crippen MR) is 99.6 cm³/mol. The van der Waals surface area contributed by atoms with Crippen LogP contribution in [0, 0.1) is 10.1 Å². The number of hydrogen-bond donors (Lipinski definition) is 1. The van der Waals surface area contributed by atoms with Crippen LogP contribution in [0.1, 0.15) is 5.56 Å². The van der Waals surface area contributed by atoms with Crippen molar-refractivity contribution in [1.82, 2.24) is 24.5 Å². The Bertz CT molecular complexity index is 1030. The lowest BCUT2D eigenvalue weighted by Crippen LogP contribution is -2.20. The van der Waals surface area contributed by atoms with Gasteiger partial charge in [-0.3, -0.25) is 24.9 Å². The first-order valence-electron chi connectivity index (χ1n) is 7.74. The van der Waals surface area contributed by atoms with Gasteiger partial charge in [-0.2, -0.15) is 0 Å². The molecule has 1 N–H and O–H groups in total.